The van der Waals surface area contributed by atoms with E-state index in [1.807, 2.05) is 13.1 Å². The second-order valence-electron chi connectivity index (χ2n) is 3.48. The van der Waals surface area contributed by atoms with Crippen molar-refractivity contribution in [3.8, 4) is 0 Å². The maximum absolute atomic E-state index is 11.2. The third-order valence-electron chi connectivity index (χ3n) is 2.01. The van der Waals surface area contributed by atoms with Gasteiger partial charge in [0.15, 0.2) is 0 Å². The van der Waals surface area contributed by atoms with Gasteiger partial charge < -0.3 is 9.88 Å². The summed E-state index contributed by atoms with van der Waals surface area (Å²) in [5, 5.41) is 0. The maximum Gasteiger partial charge on any atom is 0.222 e. The fourth-order valence-corrected chi connectivity index (χ4v) is 1.19. The van der Waals surface area contributed by atoms with E-state index in [-0.39, 0.29) is 5.91 Å². The monoisotopic (exact) mass is 180 g/mol. The van der Waals surface area contributed by atoms with E-state index in [0.717, 1.165) is 12.1 Å². The summed E-state index contributed by atoms with van der Waals surface area (Å²) in [6, 6.07) is 2.07. The first-order valence-electron chi connectivity index (χ1n) is 4.43. The van der Waals surface area contributed by atoms with Crippen LogP contribution < -0.4 is 0 Å². The zero-order valence-electron chi connectivity index (χ0n) is 8.42. The van der Waals surface area contributed by atoms with Gasteiger partial charge in [0.1, 0.15) is 0 Å². The average molecular weight is 180 g/mol. The Labute approximate surface area is 78.8 Å². The average Bonchev–Trinajstić information content (AvgIpc) is 2.47. The van der Waals surface area contributed by atoms with Crippen LogP contribution >= 0.6 is 0 Å². The summed E-state index contributed by atoms with van der Waals surface area (Å²) in [7, 11) is 3.56. The van der Waals surface area contributed by atoms with E-state index < -0.39 is 0 Å². The SMILES string of the molecule is Cc1cc(CCC(=O)N(C)C)c[nH]1. The van der Waals surface area contributed by atoms with Crippen LogP contribution in [0.1, 0.15) is 17.7 Å². The van der Waals surface area contributed by atoms with Crippen LogP contribution in [0.25, 0.3) is 0 Å². The Balaban J connectivity index is 2.39. The molecular weight excluding hydrogens is 164 g/mol. The fourth-order valence-electron chi connectivity index (χ4n) is 1.19. The predicted molar refractivity (Wildman–Crippen MR) is 52.5 cm³/mol. The Bertz CT molecular complexity index is 289. The molecule has 1 aromatic rings. The molecule has 0 saturated heterocycles. The number of nitrogens with zero attached hydrogens (tertiary/aromatic N) is 1. The van der Waals surface area contributed by atoms with Gasteiger partial charge in [-0.2, -0.15) is 0 Å². The van der Waals surface area contributed by atoms with Crippen molar-refractivity contribution in [1.82, 2.24) is 9.88 Å². The van der Waals surface area contributed by atoms with Gasteiger partial charge in [-0.1, -0.05) is 0 Å². The molecule has 0 unspecified atom stereocenters. The molecule has 0 radical (unpaired) electrons. The number of carbonyl (C=O) groups is 1. The van der Waals surface area contributed by atoms with Gasteiger partial charge >= 0.3 is 0 Å². The normalized spacial score (nSPS) is 10.1. The van der Waals surface area contributed by atoms with E-state index in [9.17, 15) is 4.79 Å². The van der Waals surface area contributed by atoms with E-state index in [0.29, 0.717) is 6.42 Å². The molecule has 0 aliphatic rings. The first-order valence-corrected chi connectivity index (χ1v) is 4.43. The maximum atomic E-state index is 11.2. The summed E-state index contributed by atoms with van der Waals surface area (Å²) in [4.78, 5) is 16.0. The summed E-state index contributed by atoms with van der Waals surface area (Å²) in [5.74, 6) is 0.179. The Morgan fingerprint density at radius 2 is 2.23 bits per heavy atom. The van der Waals surface area contributed by atoms with E-state index in [1.165, 1.54) is 5.56 Å². The topological polar surface area (TPSA) is 36.1 Å². The van der Waals surface area contributed by atoms with Crippen molar-refractivity contribution in [2.24, 2.45) is 0 Å². The van der Waals surface area contributed by atoms with Crippen LogP contribution in [0.4, 0.5) is 0 Å². The quantitative estimate of drug-likeness (QED) is 0.748. The van der Waals surface area contributed by atoms with Crippen LogP contribution in [0.2, 0.25) is 0 Å². The predicted octanol–water partition coefficient (Wildman–Crippen LogP) is 1.34. The molecule has 0 aliphatic carbocycles. The number of hydrogen-bond donors (Lipinski definition) is 1. The number of amides is 1. The van der Waals surface area contributed by atoms with Crippen molar-refractivity contribution < 1.29 is 4.79 Å². The molecule has 1 heterocycles. The molecule has 72 valence electrons. The number of aromatic amines is 1. The van der Waals surface area contributed by atoms with Gasteiger partial charge in [0.05, 0.1) is 0 Å². The minimum Gasteiger partial charge on any atom is -0.365 e. The fraction of sp³-hybridized carbons (Fsp3) is 0.500. The molecule has 0 aliphatic heterocycles. The zero-order valence-corrected chi connectivity index (χ0v) is 8.42. The smallest absolute Gasteiger partial charge is 0.222 e. The molecule has 0 bridgehead atoms. The number of H-pyrrole nitrogens is 1. The Morgan fingerprint density at radius 3 is 2.69 bits per heavy atom. The van der Waals surface area contributed by atoms with Gasteiger partial charge in [-0.15, -0.1) is 0 Å². The van der Waals surface area contributed by atoms with Crippen LogP contribution in [-0.2, 0) is 11.2 Å². The first kappa shape index (κ1) is 9.84. The van der Waals surface area contributed by atoms with Crippen LogP contribution in [0.3, 0.4) is 0 Å². The van der Waals surface area contributed by atoms with Gasteiger partial charge in [0, 0.05) is 32.4 Å². The van der Waals surface area contributed by atoms with Crippen molar-refractivity contribution in [1.29, 1.82) is 0 Å². The third-order valence-corrected chi connectivity index (χ3v) is 2.01. The summed E-state index contributed by atoms with van der Waals surface area (Å²) < 4.78 is 0. The lowest BCUT2D eigenvalue weighted by molar-refractivity contribution is -0.128. The number of nitrogens with one attached hydrogen (secondary N) is 1. The molecule has 1 N–H and O–H groups in total. The second-order valence-corrected chi connectivity index (χ2v) is 3.48. The van der Waals surface area contributed by atoms with Gasteiger partial charge in [-0.25, -0.2) is 0 Å². The van der Waals surface area contributed by atoms with Gasteiger partial charge in [0.2, 0.25) is 5.91 Å². The van der Waals surface area contributed by atoms with Gasteiger partial charge in [-0.05, 0) is 25.0 Å². The highest BCUT2D eigenvalue weighted by molar-refractivity contribution is 5.75. The zero-order chi connectivity index (χ0) is 9.84. The Kier molecular flexibility index (Phi) is 3.12. The molecule has 0 aromatic carbocycles. The highest BCUT2D eigenvalue weighted by atomic mass is 16.2. The number of carbonyl (C=O) groups excluding carboxylic acids is 1. The Morgan fingerprint density at radius 1 is 1.54 bits per heavy atom. The lowest BCUT2D eigenvalue weighted by Crippen LogP contribution is -2.21. The molecule has 0 saturated carbocycles. The van der Waals surface area contributed by atoms with Gasteiger partial charge in [0.25, 0.3) is 0 Å². The molecule has 0 atom stereocenters. The molecule has 1 aromatic heterocycles. The lowest BCUT2D eigenvalue weighted by Gasteiger charge is -2.08. The van der Waals surface area contributed by atoms with Crippen molar-refractivity contribution in [2.75, 3.05) is 14.1 Å². The minimum atomic E-state index is 0.179. The number of aromatic nitrogens is 1. The number of rotatable bonds is 3. The molecule has 1 rings (SSSR count). The third kappa shape index (κ3) is 2.93. The van der Waals surface area contributed by atoms with Crippen LogP contribution in [0.5, 0.6) is 0 Å². The molecule has 1 amide bonds. The molecule has 13 heavy (non-hydrogen) atoms. The summed E-state index contributed by atoms with van der Waals surface area (Å²) in [6.07, 6.45) is 3.36. The van der Waals surface area contributed by atoms with Crippen LogP contribution in [0, 0.1) is 6.92 Å². The summed E-state index contributed by atoms with van der Waals surface area (Å²) in [5.41, 5.74) is 2.35. The van der Waals surface area contributed by atoms with E-state index in [4.69, 9.17) is 0 Å². The van der Waals surface area contributed by atoms with Gasteiger partial charge in [-0.3, -0.25) is 4.79 Å². The highest BCUT2D eigenvalue weighted by Crippen LogP contribution is 2.05. The van der Waals surface area contributed by atoms with Crippen LogP contribution in [-0.4, -0.2) is 29.9 Å². The highest BCUT2D eigenvalue weighted by Gasteiger charge is 2.04. The summed E-state index contributed by atoms with van der Waals surface area (Å²) in [6.45, 7) is 2.01. The Hall–Kier alpha value is -1.25. The standard InChI is InChI=1S/C10H16N2O/c1-8-6-9(7-11-8)4-5-10(13)12(2)3/h6-7,11H,4-5H2,1-3H3. The summed E-state index contributed by atoms with van der Waals surface area (Å²) >= 11 is 0. The van der Waals surface area contributed by atoms with E-state index >= 15 is 0 Å². The number of aryl methyl sites for hydroxylation is 2. The van der Waals surface area contributed by atoms with E-state index in [1.54, 1.807) is 19.0 Å². The molecule has 3 heteroatoms. The van der Waals surface area contributed by atoms with E-state index in [2.05, 4.69) is 11.1 Å². The lowest BCUT2D eigenvalue weighted by atomic mass is 10.2. The van der Waals surface area contributed by atoms with Crippen molar-refractivity contribution in [3.63, 3.8) is 0 Å². The van der Waals surface area contributed by atoms with Crippen molar-refractivity contribution >= 4 is 5.91 Å². The molecular formula is C10H16N2O. The number of hydrogen-bond acceptors (Lipinski definition) is 1. The minimum absolute atomic E-state index is 0.179. The van der Waals surface area contributed by atoms with Crippen molar-refractivity contribution in [2.45, 2.75) is 19.8 Å². The largest absolute Gasteiger partial charge is 0.365 e. The van der Waals surface area contributed by atoms with Crippen LogP contribution in [0.15, 0.2) is 12.3 Å². The van der Waals surface area contributed by atoms with Crippen molar-refractivity contribution in [3.05, 3.63) is 23.5 Å². The second kappa shape index (κ2) is 4.12. The first-order chi connectivity index (χ1) is 6.09. The molecule has 0 spiro atoms. The molecule has 0 fully saturated rings. The molecule has 3 nitrogen and oxygen atoms in total.